The highest BCUT2D eigenvalue weighted by Crippen LogP contribution is 2.43. The van der Waals surface area contributed by atoms with Crippen LogP contribution in [0.5, 0.6) is 11.5 Å². The Balaban J connectivity index is 1.84. The summed E-state index contributed by atoms with van der Waals surface area (Å²) in [6.45, 7) is 4.15. The number of non-ortho nitro benzene ring substituents is 2. The Bertz CT molecular complexity index is 1480. The number of halogens is 2. The molecule has 0 fully saturated rings. The molecule has 0 N–H and O–H groups in total. The molecule has 0 aliphatic rings. The third-order valence-corrected chi connectivity index (χ3v) is 9.38. The van der Waals surface area contributed by atoms with Crippen LogP contribution in [-0.2, 0) is 0 Å². The second-order valence-electron chi connectivity index (χ2n) is 8.96. The standard InChI is InChI=1S/C30H26Cl2N2O5S2/c1-3-13-40-29-15-19(5-9-25(29)31)23-17-21(33(35)36)7-11-27(23)39-28-12-8-22(34(37)38)18-24(28)20-6-10-26(32)30(16-20)41-14-4-2/h5-12,15-18H,3-4,13-14H2,1-2H3. The highest BCUT2D eigenvalue weighted by molar-refractivity contribution is 7.99. The van der Waals surface area contributed by atoms with Crippen molar-refractivity contribution >= 4 is 58.1 Å². The van der Waals surface area contributed by atoms with Gasteiger partial charge in [-0.3, -0.25) is 20.2 Å². The van der Waals surface area contributed by atoms with Crippen molar-refractivity contribution in [1.29, 1.82) is 0 Å². The van der Waals surface area contributed by atoms with Crippen LogP contribution in [0.4, 0.5) is 11.4 Å². The summed E-state index contributed by atoms with van der Waals surface area (Å²) in [5.74, 6) is 2.45. The lowest BCUT2D eigenvalue weighted by Gasteiger charge is -2.16. The lowest BCUT2D eigenvalue weighted by atomic mass is 10.0. The normalized spacial score (nSPS) is 10.9. The lowest BCUT2D eigenvalue weighted by molar-refractivity contribution is -0.385. The molecule has 0 bridgehead atoms. The summed E-state index contributed by atoms with van der Waals surface area (Å²) in [7, 11) is 0. The molecule has 0 atom stereocenters. The third-order valence-electron chi connectivity index (χ3n) is 5.98. The van der Waals surface area contributed by atoms with Gasteiger partial charge in [0.15, 0.2) is 0 Å². The molecule has 4 aromatic rings. The number of nitro groups is 2. The second kappa shape index (κ2) is 14.1. The molecule has 4 rings (SSSR count). The van der Waals surface area contributed by atoms with Crippen LogP contribution in [0.1, 0.15) is 26.7 Å². The fourth-order valence-corrected chi connectivity index (χ4v) is 6.24. The van der Waals surface area contributed by atoms with Crippen LogP contribution >= 0.6 is 46.7 Å². The summed E-state index contributed by atoms with van der Waals surface area (Å²) in [6.07, 6.45) is 1.92. The van der Waals surface area contributed by atoms with Crippen molar-refractivity contribution in [3.63, 3.8) is 0 Å². The molecule has 0 heterocycles. The van der Waals surface area contributed by atoms with Gasteiger partial charge in [-0.1, -0.05) is 49.2 Å². The predicted octanol–water partition coefficient (Wildman–Crippen LogP) is 10.9. The Morgan fingerprint density at radius 1 is 0.659 bits per heavy atom. The molecular weight excluding hydrogens is 603 g/mol. The zero-order valence-electron chi connectivity index (χ0n) is 22.3. The smallest absolute Gasteiger partial charge is 0.270 e. The fourth-order valence-electron chi connectivity index (χ4n) is 4.00. The van der Waals surface area contributed by atoms with E-state index in [1.807, 2.05) is 12.1 Å². The summed E-state index contributed by atoms with van der Waals surface area (Å²) >= 11 is 16.1. The molecule has 4 aromatic carbocycles. The van der Waals surface area contributed by atoms with Gasteiger partial charge in [0.2, 0.25) is 0 Å². The first-order valence-corrected chi connectivity index (χ1v) is 15.5. The summed E-state index contributed by atoms with van der Waals surface area (Å²) in [6, 6.07) is 19.6. The largest absolute Gasteiger partial charge is 0.456 e. The van der Waals surface area contributed by atoms with E-state index in [1.54, 1.807) is 47.8 Å². The number of rotatable bonds is 12. The molecule has 0 aromatic heterocycles. The van der Waals surface area contributed by atoms with Gasteiger partial charge >= 0.3 is 0 Å². The first kappa shape index (κ1) is 30.7. The minimum Gasteiger partial charge on any atom is -0.456 e. The van der Waals surface area contributed by atoms with Crippen molar-refractivity contribution in [2.75, 3.05) is 11.5 Å². The number of hydrogen-bond acceptors (Lipinski definition) is 7. The average molecular weight is 630 g/mol. The molecule has 11 heteroatoms. The van der Waals surface area contributed by atoms with E-state index in [9.17, 15) is 20.2 Å². The van der Waals surface area contributed by atoms with Crippen LogP contribution < -0.4 is 4.74 Å². The van der Waals surface area contributed by atoms with Crippen molar-refractivity contribution in [3.05, 3.63) is 103 Å². The van der Waals surface area contributed by atoms with E-state index in [0.29, 0.717) is 43.8 Å². The molecule has 0 aliphatic heterocycles. The highest BCUT2D eigenvalue weighted by Gasteiger charge is 2.20. The molecule has 0 spiro atoms. The molecule has 7 nitrogen and oxygen atoms in total. The zero-order chi connectivity index (χ0) is 29.5. The van der Waals surface area contributed by atoms with Gasteiger partial charge in [-0.15, -0.1) is 23.5 Å². The third kappa shape index (κ3) is 7.54. The predicted molar refractivity (Wildman–Crippen MR) is 169 cm³/mol. The SMILES string of the molecule is CCCSc1cc(-c2cc([N+](=O)[O-])ccc2Oc2ccc([N+](=O)[O-])cc2-c2ccc(Cl)c(SCCC)c2)ccc1Cl. The first-order chi connectivity index (χ1) is 19.7. The number of benzene rings is 4. The van der Waals surface area contributed by atoms with Crippen molar-refractivity contribution in [2.45, 2.75) is 36.5 Å². The number of nitro benzene ring substituents is 2. The highest BCUT2D eigenvalue weighted by atomic mass is 35.5. The van der Waals surface area contributed by atoms with Gasteiger partial charge in [0, 0.05) is 45.2 Å². The topological polar surface area (TPSA) is 95.5 Å². The van der Waals surface area contributed by atoms with Crippen molar-refractivity contribution in [2.24, 2.45) is 0 Å². The van der Waals surface area contributed by atoms with Crippen LogP contribution in [0.15, 0.2) is 82.6 Å². The van der Waals surface area contributed by atoms with E-state index in [4.69, 9.17) is 27.9 Å². The van der Waals surface area contributed by atoms with E-state index in [2.05, 4.69) is 13.8 Å². The van der Waals surface area contributed by atoms with Crippen LogP contribution in [0, 0.1) is 20.2 Å². The second-order valence-corrected chi connectivity index (χ2v) is 12.1. The van der Waals surface area contributed by atoms with Crippen LogP contribution in [0.25, 0.3) is 22.3 Å². The van der Waals surface area contributed by atoms with E-state index in [-0.39, 0.29) is 11.4 Å². The van der Waals surface area contributed by atoms with Gasteiger partial charge < -0.3 is 4.74 Å². The number of hydrogen-bond donors (Lipinski definition) is 0. The molecule has 0 radical (unpaired) electrons. The molecule has 0 saturated heterocycles. The number of nitrogens with zero attached hydrogens (tertiary/aromatic N) is 2. The summed E-state index contributed by atoms with van der Waals surface area (Å²) in [4.78, 5) is 24.1. The quantitative estimate of drug-likeness (QED) is 0.0874. The Labute approximate surface area is 256 Å². The van der Waals surface area contributed by atoms with Gasteiger partial charge in [0.05, 0.1) is 19.9 Å². The van der Waals surface area contributed by atoms with E-state index in [0.717, 1.165) is 34.1 Å². The van der Waals surface area contributed by atoms with Gasteiger partial charge in [-0.2, -0.15) is 0 Å². The number of ether oxygens (including phenoxy) is 1. The van der Waals surface area contributed by atoms with Gasteiger partial charge in [0.1, 0.15) is 11.5 Å². The summed E-state index contributed by atoms with van der Waals surface area (Å²) in [5.41, 5.74) is 2.19. The molecule has 0 saturated carbocycles. The van der Waals surface area contributed by atoms with Gasteiger partial charge in [-0.05, 0) is 71.9 Å². The Morgan fingerprint density at radius 2 is 1.07 bits per heavy atom. The molecule has 0 amide bonds. The zero-order valence-corrected chi connectivity index (χ0v) is 25.4. The maximum absolute atomic E-state index is 11.7. The van der Waals surface area contributed by atoms with Crippen LogP contribution in [-0.4, -0.2) is 21.4 Å². The minimum absolute atomic E-state index is 0.0933. The van der Waals surface area contributed by atoms with Crippen LogP contribution in [0.3, 0.4) is 0 Å². The Kier molecular flexibility index (Phi) is 10.6. The number of thioether (sulfide) groups is 2. The summed E-state index contributed by atoms with van der Waals surface area (Å²) < 4.78 is 6.40. The first-order valence-electron chi connectivity index (χ1n) is 12.8. The van der Waals surface area contributed by atoms with Gasteiger partial charge in [-0.25, -0.2) is 0 Å². The molecule has 212 valence electrons. The molecule has 41 heavy (non-hydrogen) atoms. The Morgan fingerprint density at radius 3 is 1.44 bits per heavy atom. The maximum atomic E-state index is 11.7. The van der Waals surface area contributed by atoms with E-state index >= 15 is 0 Å². The molecular formula is C30H26Cl2N2O5S2. The van der Waals surface area contributed by atoms with Crippen molar-refractivity contribution in [3.8, 4) is 33.8 Å². The minimum atomic E-state index is -0.462. The van der Waals surface area contributed by atoms with Crippen LogP contribution in [0.2, 0.25) is 10.0 Å². The summed E-state index contributed by atoms with van der Waals surface area (Å²) in [5, 5.41) is 24.5. The lowest BCUT2D eigenvalue weighted by Crippen LogP contribution is -1.96. The van der Waals surface area contributed by atoms with E-state index in [1.165, 1.54) is 36.4 Å². The van der Waals surface area contributed by atoms with Crippen molar-refractivity contribution < 1.29 is 14.6 Å². The maximum Gasteiger partial charge on any atom is 0.270 e. The average Bonchev–Trinajstić information content (AvgIpc) is 2.96. The van der Waals surface area contributed by atoms with Crippen molar-refractivity contribution in [1.82, 2.24) is 0 Å². The molecule has 0 aliphatic carbocycles. The monoisotopic (exact) mass is 628 g/mol. The fraction of sp³-hybridized carbons (Fsp3) is 0.200. The molecule has 0 unspecified atom stereocenters. The van der Waals surface area contributed by atoms with Gasteiger partial charge in [0.25, 0.3) is 11.4 Å². The Hall–Kier alpha value is -3.24. The van der Waals surface area contributed by atoms with E-state index < -0.39 is 9.85 Å².